The summed E-state index contributed by atoms with van der Waals surface area (Å²) in [6.45, 7) is 0.284. The molecule has 22 heavy (non-hydrogen) atoms. The van der Waals surface area contributed by atoms with Crippen molar-refractivity contribution < 1.29 is 8.42 Å². The first-order valence-corrected chi connectivity index (χ1v) is 8.62. The first-order valence-electron chi connectivity index (χ1n) is 7.14. The summed E-state index contributed by atoms with van der Waals surface area (Å²) < 4.78 is 27.6. The zero-order valence-corrected chi connectivity index (χ0v) is 12.8. The van der Waals surface area contributed by atoms with Crippen molar-refractivity contribution in [1.29, 1.82) is 0 Å². The summed E-state index contributed by atoms with van der Waals surface area (Å²) in [5.74, 6) is 0. The van der Waals surface area contributed by atoms with E-state index in [2.05, 4.69) is 19.8 Å². The number of aromatic nitrogens is 4. The second-order valence-corrected chi connectivity index (χ2v) is 6.93. The molecule has 2 aromatic heterocycles. The summed E-state index contributed by atoms with van der Waals surface area (Å²) in [6, 6.07) is 1.62. The van der Waals surface area contributed by atoms with Crippen LogP contribution in [0.4, 0.5) is 0 Å². The Hall–Kier alpha value is -2.00. The molecule has 0 saturated heterocycles. The quantitative estimate of drug-likeness (QED) is 0.793. The van der Waals surface area contributed by atoms with Gasteiger partial charge in [0.15, 0.2) is 5.03 Å². The largest absolute Gasteiger partial charge is 0.335 e. The number of nitrogens with zero attached hydrogens (tertiary/aromatic N) is 3. The van der Waals surface area contributed by atoms with Crippen LogP contribution in [0.1, 0.15) is 24.1 Å². The van der Waals surface area contributed by atoms with Gasteiger partial charge in [-0.15, -0.1) is 0 Å². The van der Waals surface area contributed by atoms with E-state index in [4.69, 9.17) is 0 Å². The molecule has 8 nitrogen and oxygen atoms in total. The molecule has 1 aliphatic rings. The van der Waals surface area contributed by atoms with Gasteiger partial charge in [-0.25, -0.2) is 22.8 Å². The smallest absolute Gasteiger partial charge is 0.267 e. The summed E-state index contributed by atoms with van der Waals surface area (Å²) in [5.41, 5.74) is 1.77. The highest BCUT2D eigenvalue weighted by Gasteiger charge is 2.16. The lowest BCUT2D eigenvalue weighted by Gasteiger charge is -2.15. The fourth-order valence-electron chi connectivity index (χ4n) is 2.51. The molecule has 1 aliphatic carbocycles. The zero-order valence-electron chi connectivity index (χ0n) is 11.9. The third kappa shape index (κ3) is 3.09. The van der Waals surface area contributed by atoms with Gasteiger partial charge in [0, 0.05) is 12.6 Å². The molecule has 0 atom stereocenters. The van der Waals surface area contributed by atoms with Crippen molar-refractivity contribution in [3.8, 4) is 0 Å². The van der Waals surface area contributed by atoms with E-state index in [0.717, 1.165) is 36.9 Å². The molecule has 0 radical (unpaired) electrons. The highest BCUT2D eigenvalue weighted by Crippen LogP contribution is 2.16. The average Bonchev–Trinajstić information content (AvgIpc) is 3.03. The Labute approximate surface area is 127 Å². The number of hydrogen-bond donors (Lipinski definition) is 2. The summed E-state index contributed by atoms with van der Waals surface area (Å²) in [6.07, 6.45) is 6.45. The number of fused-ring (bicyclic) bond motifs is 1. The third-order valence-corrected chi connectivity index (χ3v) is 5.04. The molecular formula is C13H17N5O3S. The van der Waals surface area contributed by atoms with Crippen LogP contribution in [0.2, 0.25) is 0 Å². The van der Waals surface area contributed by atoms with E-state index >= 15 is 0 Å². The molecule has 0 amide bonds. The minimum atomic E-state index is -3.63. The molecule has 2 N–H and O–H groups in total. The van der Waals surface area contributed by atoms with Gasteiger partial charge in [0.05, 0.1) is 24.8 Å². The minimum Gasteiger partial charge on any atom is -0.335 e. The molecule has 0 unspecified atom stereocenters. The molecular weight excluding hydrogens is 306 g/mol. The van der Waals surface area contributed by atoms with E-state index < -0.39 is 10.0 Å². The van der Waals surface area contributed by atoms with Gasteiger partial charge in [-0.2, -0.15) is 5.10 Å². The van der Waals surface area contributed by atoms with Crippen LogP contribution >= 0.6 is 0 Å². The maximum absolute atomic E-state index is 12.0. The minimum absolute atomic E-state index is 0.00162. The van der Waals surface area contributed by atoms with Gasteiger partial charge in [-0.1, -0.05) is 0 Å². The zero-order chi connectivity index (χ0) is 15.6. The SMILES string of the molecule is O=c1cc2c(nn1CCNS(=O)(=O)c1cnc[nH]1)CCCC2. The van der Waals surface area contributed by atoms with E-state index in [1.54, 1.807) is 6.07 Å². The summed E-state index contributed by atoms with van der Waals surface area (Å²) in [7, 11) is -3.63. The van der Waals surface area contributed by atoms with E-state index in [1.165, 1.54) is 17.2 Å². The molecule has 2 aromatic rings. The maximum atomic E-state index is 12.0. The van der Waals surface area contributed by atoms with Crippen molar-refractivity contribution >= 4 is 10.0 Å². The van der Waals surface area contributed by atoms with E-state index in [0.29, 0.717) is 0 Å². The number of aryl methyl sites for hydroxylation is 2. The Bertz CT molecular complexity index is 811. The lowest BCUT2D eigenvalue weighted by atomic mass is 9.97. The lowest BCUT2D eigenvalue weighted by molar-refractivity contribution is 0.525. The number of H-pyrrole nitrogens is 1. The highest BCUT2D eigenvalue weighted by atomic mass is 32.2. The first kappa shape index (κ1) is 14.9. The van der Waals surface area contributed by atoms with Crippen molar-refractivity contribution in [3.63, 3.8) is 0 Å². The second kappa shape index (κ2) is 6.01. The van der Waals surface area contributed by atoms with Crippen molar-refractivity contribution in [3.05, 3.63) is 40.2 Å². The Kier molecular flexibility index (Phi) is 4.08. The van der Waals surface area contributed by atoms with Crippen molar-refractivity contribution in [2.45, 2.75) is 37.3 Å². The van der Waals surface area contributed by atoms with Crippen LogP contribution in [-0.4, -0.2) is 34.7 Å². The van der Waals surface area contributed by atoms with Crippen molar-refractivity contribution in [2.24, 2.45) is 0 Å². The Morgan fingerprint density at radius 3 is 2.91 bits per heavy atom. The van der Waals surface area contributed by atoms with Gasteiger partial charge in [-0.05, 0) is 31.2 Å². The average molecular weight is 323 g/mol. The first-order chi connectivity index (χ1) is 10.6. The number of sulfonamides is 1. The monoisotopic (exact) mass is 323 g/mol. The van der Waals surface area contributed by atoms with E-state index in [-0.39, 0.29) is 23.7 Å². The predicted molar refractivity (Wildman–Crippen MR) is 78.9 cm³/mol. The fourth-order valence-corrected chi connectivity index (χ4v) is 3.44. The number of rotatable bonds is 5. The molecule has 0 fully saturated rings. The molecule has 0 spiro atoms. The van der Waals surface area contributed by atoms with Crippen LogP contribution in [0, 0.1) is 0 Å². The highest BCUT2D eigenvalue weighted by molar-refractivity contribution is 7.89. The third-order valence-electron chi connectivity index (χ3n) is 3.65. The topological polar surface area (TPSA) is 110 Å². The molecule has 9 heteroatoms. The van der Waals surface area contributed by atoms with Crippen molar-refractivity contribution in [1.82, 2.24) is 24.5 Å². The van der Waals surface area contributed by atoms with Crippen LogP contribution in [0.25, 0.3) is 0 Å². The fraction of sp³-hybridized carbons (Fsp3) is 0.462. The van der Waals surface area contributed by atoms with Gasteiger partial charge in [0.1, 0.15) is 0 Å². The number of hydrogen-bond acceptors (Lipinski definition) is 5. The van der Waals surface area contributed by atoms with Gasteiger partial charge < -0.3 is 4.98 Å². The normalized spacial score (nSPS) is 14.7. The number of nitrogens with one attached hydrogen (secondary N) is 2. The van der Waals surface area contributed by atoms with Crippen LogP contribution in [0.3, 0.4) is 0 Å². The predicted octanol–water partition coefficient (Wildman–Crippen LogP) is -0.176. The van der Waals surface area contributed by atoms with Crippen LogP contribution < -0.4 is 10.3 Å². The van der Waals surface area contributed by atoms with Crippen LogP contribution in [0.15, 0.2) is 28.4 Å². The summed E-state index contributed by atoms with van der Waals surface area (Å²) in [5, 5.41) is 4.34. The van der Waals surface area contributed by atoms with Gasteiger partial charge in [0.2, 0.25) is 0 Å². The second-order valence-electron chi connectivity index (χ2n) is 5.20. The number of aromatic amines is 1. The molecule has 0 aliphatic heterocycles. The maximum Gasteiger partial charge on any atom is 0.267 e. The van der Waals surface area contributed by atoms with Crippen LogP contribution in [-0.2, 0) is 29.4 Å². The molecule has 3 rings (SSSR count). The van der Waals surface area contributed by atoms with Gasteiger partial charge in [0.25, 0.3) is 15.6 Å². The van der Waals surface area contributed by atoms with Gasteiger partial charge in [-0.3, -0.25) is 4.79 Å². The number of imidazole rings is 1. The Morgan fingerprint density at radius 1 is 1.32 bits per heavy atom. The molecule has 0 aromatic carbocycles. The standard InChI is InChI=1S/C13H17N5O3S/c19-13-7-10-3-1-2-4-11(10)17-18(13)6-5-16-22(20,21)12-8-14-9-15-12/h7-9,16H,1-6H2,(H,14,15). The molecule has 2 heterocycles. The lowest BCUT2D eigenvalue weighted by Crippen LogP contribution is -2.33. The summed E-state index contributed by atoms with van der Waals surface area (Å²) in [4.78, 5) is 18.2. The van der Waals surface area contributed by atoms with Crippen LogP contribution in [0.5, 0.6) is 0 Å². The molecule has 0 bridgehead atoms. The Morgan fingerprint density at radius 2 is 2.14 bits per heavy atom. The van der Waals surface area contributed by atoms with E-state index in [9.17, 15) is 13.2 Å². The molecule has 118 valence electrons. The molecule has 0 saturated carbocycles. The van der Waals surface area contributed by atoms with Gasteiger partial charge >= 0.3 is 0 Å². The van der Waals surface area contributed by atoms with Crippen molar-refractivity contribution in [2.75, 3.05) is 6.54 Å². The summed E-state index contributed by atoms with van der Waals surface area (Å²) >= 11 is 0. The van der Waals surface area contributed by atoms with E-state index in [1.807, 2.05) is 0 Å². The Balaban J connectivity index is 1.68.